The molecular weight excluding hydrogens is 362 g/mol. The van der Waals surface area contributed by atoms with Gasteiger partial charge in [0.15, 0.2) is 5.03 Å². The average molecular weight is 378 g/mol. The quantitative estimate of drug-likeness (QED) is 0.741. The summed E-state index contributed by atoms with van der Waals surface area (Å²) in [6.45, 7) is 0.0829. The van der Waals surface area contributed by atoms with E-state index in [0.29, 0.717) is 10.7 Å². The van der Waals surface area contributed by atoms with Crippen LogP contribution in [0.2, 0.25) is 5.02 Å². The molecule has 0 fully saturated rings. The fraction of sp³-hybridized carbons (Fsp3) is 0.118. The Balaban J connectivity index is 2.06. The zero-order chi connectivity index (χ0) is 18.0. The van der Waals surface area contributed by atoms with E-state index in [0.717, 1.165) is 5.56 Å². The SMILES string of the molecule is Cn1ccc(S(=O)(=O)N(Cc2ccc(Cl)cc2)c2cccc(O)c2)n1. The number of hydrogen-bond donors (Lipinski definition) is 1. The first-order chi connectivity index (χ1) is 11.9. The summed E-state index contributed by atoms with van der Waals surface area (Å²) < 4.78 is 28.8. The third-order valence-corrected chi connectivity index (χ3v) is 5.52. The average Bonchev–Trinajstić information content (AvgIpc) is 3.01. The standard InChI is InChI=1S/C17H16ClN3O3S/c1-20-10-9-17(19-20)25(23,24)21(15-3-2-4-16(22)11-15)12-13-5-7-14(18)8-6-13/h2-11,22H,12H2,1H3. The minimum atomic E-state index is -3.90. The van der Waals surface area contributed by atoms with Gasteiger partial charge in [0, 0.05) is 24.3 Å². The monoisotopic (exact) mass is 377 g/mol. The maximum Gasteiger partial charge on any atom is 0.283 e. The molecule has 3 rings (SSSR count). The fourth-order valence-corrected chi connectivity index (χ4v) is 3.89. The lowest BCUT2D eigenvalue weighted by Gasteiger charge is -2.23. The lowest BCUT2D eigenvalue weighted by Crippen LogP contribution is -2.31. The maximum absolute atomic E-state index is 13.1. The van der Waals surface area contributed by atoms with E-state index in [1.165, 1.54) is 27.2 Å². The lowest BCUT2D eigenvalue weighted by atomic mass is 10.2. The van der Waals surface area contributed by atoms with Gasteiger partial charge in [0.05, 0.1) is 12.2 Å². The predicted octanol–water partition coefficient (Wildman–Crippen LogP) is 3.17. The van der Waals surface area contributed by atoms with E-state index in [1.54, 1.807) is 49.6 Å². The molecular formula is C17H16ClN3O3S. The molecule has 0 bridgehead atoms. The highest BCUT2D eigenvalue weighted by Crippen LogP contribution is 2.28. The number of sulfonamides is 1. The molecule has 0 saturated heterocycles. The highest BCUT2D eigenvalue weighted by Gasteiger charge is 2.27. The highest BCUT2D eigenvalue weighted by atomic mass is 35.5. The Kier molecular flexibility index (Phi) is 4.69. The molecule has 3 aromatic rings. The fourth-order valence-electron chi connectivity index (χ4n) is 2.36. The first kappa shape index (κ1) is 17.3. The Morgan fingerprint density at radius 3 is 2.48 bits per heavy atom. The minimum Gasteiger partial charge on any atom is -0.508 e. The third kappa shape index (κ3) is 3.78. The van der Waals surface area contributed by atoms with Crippen LogP contribution in [-0.4, -0.2) is 23.3 Å². The van der Waals surface area contributed by atoms with E-state index in [4.69, 9.17) is 11.6 Å². The summed E-state index contributed by atoms with van der Waals surface area (Å²) in [5.74, 6) is -0.0187. The Morgan fingerprint density at radius 2 is 1.88 bits per heavy atom. The second kappa shape index (κ2) is 6.78. The molecule has 2 aromatic carbocycles. The van der Waals surface area contributed by atoms with Crippen molar-refractivity contribution in [2.45, 2.75) is 11.6 Å². The van der Waals surface area contributed by atoms with Crippen LogP contribution in [-0.2, 0) is 23.6 Å². The van der Waals surface area contributed by atoms with Gasteiger partial charge in [-0.15, -0.1) is 0 Å². The molecule has 0 radical (unpaired) electrons. The van der Waals surface area contributed by atoms with Gasteiger partial charge < -0.3 is 5.11 Å². The molecule has 0 unspecified atom stereocenters. The lowest BCUT2D eigenvalue weighted by molar-refractivity contribution is 0.475. The number of benzene rings is 2. The summed E-state index contributed by atoms with van der Waals surface area (Å²) in [5.41, 5.74) is 1.10. The smallest absolute Gasteiger partial charge is 0.283 e. The molecule has 1 heterocycles. The van der Waals surface area contributed by atoms with E-state index in [1.807, 2.05) is 0 Å². The van der Waals surface area contributed by atoms with Crippen LogP contribution in [0.4, 0.5) is 5.69 Å². The number of halogens is 1. The van der Waals surface area contributed by atoms with Crippen molar-refractivity contribution in [3.63, 3.8) is 0 Å². The zero-order valence-corrected chi connectivity index (χ0v) is 14.9. The maximum atomic E-state index is 13.1. The third-order valence-electron chi connectivity index (χ3n) is 3.60. The van der Waals surface area contributed by atoms with E-state index < -0.39 is 10.0 Å². The number of rotatable bonds is 5. The second-order valence-corrected chi connectivity index (χ2v) is 7.73. The molecule has 6 nitrogen and oxygen atoms in total. The number of aromatic hydroxyl groups is 1. The Hall–Kier alpha value is -2.51. The van der Waals surface area contributed by atoms with Crippen molar-refractivity contribution >= 4 is 27.3 Å². The summed E-state index contributed by atoms with van der Waals surface area (Å²) in [6, 6.07) is 14.4. The number of phenols is 1. The Morgan fingerprint density at radius 1 is 1.16 bits per heavy atom. The van der Waals surface area contributed by atoms with Crippen molar-refractivity contribution < 1.29 is 13.5 Å². The van der Waals surface area contributed by atoms with Crippen LogP contribution >= 0.6 is 11.6 Å². The number of nitrogens with zero attached hydrogens (tertiary/aromatic N) is 3. The summed E-state index contributed by atoms with van der Waals surface area (Å²) in [6.07, 6.45) is 1.57. The molecule has 130 valence electrons. The van der Waals surface area contributed by atoms with Crippen LogP contribution in [0.1, 0.15) is 5.56 Å². The molecule has 0 aliphatic rings. The molecule has 25 heavy (non-hydrogen) atoms. The van der Waals surface area contributed by atoms with Crippen molar-refractivity contribution in [3.05, 3.63) is 71.4 Å². The molecule has 0 spiro atoms. The normalized spacial score (nSPS) is 11.4. The van der Waals surface area contributed by atoms with Crippen molar-refractivity contribution in [2.24, 2.45) is 7.05 Å². The first-order valence-corrected chi connectivity index (χ1v) is 9.24. The van der Waals surface area contributed by atoms with Gasteiger partial charge in [0.2, 0.25) is 0 Å². The molecule has 0 aliphatic carbocycles. The van der Waals surface area contributed by atoms with Crippen LogP contribution in [0.15, 0.2) is 65.8 Å². The number of anilines is 1. The van der Waals surface area contributed by atoms with Crippen molar-refractivity contribution in [3.8, 4) is 5.75 Å². The van der Waals surface area contributed by atoms with E-state index in [9.17, 15) is 13.5 Å². The van der Waals surface area contributed by atoms with E-state index >= 15 is 0 Å². The topological polar surface area (TPSA) is 75.4 Å². The van der Waals surface area contributed by atoms with Crippen LogP contribution < -0.4 is 4.31 Å². The molecule has 0 aliphatic heterocycles. The van der Waals surface area contributed by atoms with Crippen molar-refractivity contribution in [1.82, 2.24) is 9.78 Å². The Bertz CT molecular complexity index is 984. The van der Waals surface area contributed by atoms with Crippen molar-refractivity contribution in [1.29, 1.82) is 0 Å². The van der Waals surface area contributed by atoms with Crippen LogP contribution in [0.25, 0.3) is 0 Å². The molecule has 1 N–H and O–H groups in total. The van der Waals surface area contributed by atoms with Crippen LogP contribution in [0, 0.1) is 0 Å². The van der Waals surface area contributed by atoms with Gasteiger partial charge in [0.25, 0.3) is 10.0 Å². The van der Waals surface area contributed by atoms with E-state index in [-0.39, 0.29) is 17.3 Å². The van der Waals surface area contributed by atoms with Crippen molar-refractivity contribution in [2.75, 3.05) is 4.31 Å². The first-order valence-electron chi connectivity index (χ1n) is 7.42. The number of hydrogen-bond acceptors (Lipinski definition) is 4. The summed E-state index contributed by atoms with van der Waals surface area (Å²) in [7, 11) is -2.25. The number of phenolic OH excluding ortho intramolecular Hbond substituents is 1. The van der Waals surface area contributed by atoms with Gasteiger partial charge in [0.1, 0.15) is 5.75 Å². The minimum absolute atomic E-state index is 0.0187. The largest absolute Gasteiger partial charge is 0.508 e. The highest BCUT2D eigenvalue weighted by molar-refractivity contribution is 7.92. The van der Waals surface area contributed by atoms with Crippen LogP contribution in [0.5, 0.6) is 5.75 Å². The number of aryl methyl sites for hydroxylation is 1. The molecule has 0 saturated carbocycles. The summed E-state index contributed by atoms with van der Waals surface area (Å²) in [5, 5.41) is 14.3. The molecule has 0 atom stereocenters. The van der Waals surface area contributed by atoms with Gasteiger partial charge in [-0.1, -0.05) is 29.8 Å². The van der Waals surface area contributed by atoms with Gasteiger partial charge in [-0.25, -0.2) is 0 Å². The molecule has 0 amide bonds. The second-order valence-electron chi connectivity index (χ2n) is 5.49. The molecule has 1 aromatic heterocycles. The summed E-state index contributed by atoms with van der Waals surface area (Å²) in [4.78, 5) is 0. The van der Waals surface area contributed by atoms with Crippen LogP contribution in [0.3, 0.4) is 0 Å². The zero-order valence-electron chi connectivity index (χ0n) is 13.4. The Labute approximate surface area is 151 Å². The predicted molar refractivity (Wildman–Crippen MR) is 96.1 cm³/mol. The molecule has 8 heteroatoms. The van der Waals surface area contributed by atoms with Gasteiger partial charge in [-0.2, -0.15) is 13.5 Å². The number of aromatic nitrogens is 2. The van der Waals surface area contributed by atoms with E-state index in [2.05, 4.69) is 5.10 Å². The van der Waals surface area contributed by atoms with Gasteiger partial charge in [-0.3, -0.25) is 8.99 Å². The van der Waals surface area contributed by atoms with Gasteiger partial charge >= 0.3 is 0 Å². The van der Waals surface area contributed by atoms with Gasteiger partial charge in [-0.05, 0) is 35.9 Å². The summed E-state index contributed by atoms with van der Waals surface area (Å²) >= 11 is 5.90.